The second-order valence-electron chi connectivity index (χ2n) is 25.7. The van der Waals surface area contributed by atoms with Crippen molar-refractivity contribution >= 4 is 5.91 Å². The molecule has 7 unspecified atom stereocenters. The summed E-state index contributed by atoms with van der Waals surface area (Å²) in [5.41, 5.74) is 0. The molecule has 1 aliphatic rings. The summed E-state index contributed by atoms with van der Waals surface area (Å²) >= 11 is 0. The summed E-state index contributed by atoms with van der Waals surface area (Å²) in [5.74, 6) is -0.139. The van der Waals surface area contributed by atoms with Crippen LogP contribution in [-0.4, -0.2) is 87.5 Å². The molecule has 0 radical (unpaired) electrons. The number of nitrogens with one attached hydrogen (secondary N) is 1. The molecular weight excluding hydrogens is 1070 g/mol. The summed E-state index contributed by atoms with van der Waals surface area (Å²) in [4.78, 5) is 13.2. The van der Waals surface area contributed by atoms with Crippen LogP contribution in [0.1, 0.15) is 354 Å². The molecule has 1 heterocycles. The smallest absolute Gasteiger partial charge is 0.220 e. The summed E-state index contributed by atoms with van der Waals surface area (Å²) in [7, 11) is 0. The summed E-state index contributed by atoms with van der Waals surface area (Å²) in [5, 5.41) is 55.0. The number of rotatable bonds is 65. The number of hydrogen-bond acceptors (Lipinski definition) is 8. The van der Waals surface area contributed by atoms with Crippen LogP contribution in [0.3, 0.4) is 0 Å². The summed E-state index contributed by atoms with van der Waals surface area (Å²) in [6, 6.07) is -0.722. The molecule has 0 aromatic rings. The molecule has 9 nitrogen and oxygen atoms in total. The minimum atomic E-state index is -1.56. The van der Waals surface area contributed by atoms with Crippen molar-refractivity contribution in [2.75, 3.05) is 13.2 Å². The highest BCUT2D eigenvalue weighted by Crippen LogP contribution is 2.24. The standard InChI is InChI=1S/C77H141NO8/c1-3-5-7-9-11-13-15-17-19-21-23-25-27-29-31-32-33-34-35-36-37-38-39-40-41-43-45-47-49-51-53-55-57-59-61-63-65-67-73(81)78-70(69-85-77-76(84)75(83)74(82)72(68-79)86-77)71(80)66-64-62-60-58-56-54-52-50-48-46-44-42-30-28-26-24-22-20-18-16-14-12-10-8-6-4-2/h5,7,11,13,17,19,23,25,29,31,33-34,70-72,74-77,79-80,82-84H,3-4,6,8-10,12,14-16,18,20-22,24,26-28,30,32,35-69H2,1-2H3,(H,78,81)/b7-5-,13-11-,19-17-,25-23-,31-29-,34-33-. The van der Waals surface area contributed by atoms with E-state index in [4.69, 9.17) is 9.47 Å². The highest BCUT2D eigenvalue weighted by atomic mass is 16.7. The fourth-order valence-electron chi connectivity index (χ4n) is 11.8. The van der Waals surface area contributed by atoms with E-state index < -0.39 is 49.5 Å². The van der Waals surface area contributed by atoms with Gasteiger partial charge in [-0.05, 0) is 64.2 Å². The monoisotopic (exact) mass is 1210 g/mol. The van der Waals surface area contributed by atoms with Crippen LogP contribution >= 0.6 is 0 Å². The van der Waals surface area contributed by atoms with Crippen LogP contribution in [0, 0.1) is 0 Å². The maximum absolute atomic E-state index is 13.2. The summed E-state index contributed by atoms with van der Waals surface area (Å²) < 4.78 is 11.4. The van der Waals surface area contributed by atoms with Crippen LogP contribution in [0.15, 0.2) is 72.9 Å². The lowest BCUT2D eigenvalue weighted by Crippen LogP contribution is -2.60. The minimum absolute atomic E-state index is 0.136. The first-order valence-corrected chi connectivity index (χ1v) is 37.1. The molecule has 6 N–H and O–H groups in total. The maximum atomic E-state index is 13.2. The number of carbonyl (C=O) groups is 1. The Morgan fingerprint density at radius 1 is 0.407 bits per heavy atom. The molecule has 0 aliphatic carbocycles. The molecule has 1 saturated heterocycles. The van der Waals surface area contributed by atoms with Crippen molar-refractivity contribution in [3.05, 3.63) is 72.9 Å². The Bertz CT molecular complexity index is 1590. The number of carbonyl (C=O) groups excluding carboxylic acids is 1. The molecule has 1 rings (SSSR count). The van der Waals surface area contributed by atoms with Gasteiger partial charge in [-0.2, -0.15) is 0 Å². The Morgan fingerprint density at radius 3 is 1.07 bits per heavy atom. The van der Waals surface area contributed by atoms with Crippen LogP contribution in [-0.2, 0) is 14.3 Å². The van der Waals surface area contributed by atoms with Crippen LogP contribution in [0.25, 0.3) is 0 Å². The van der Waals surface area contributed by atoms with Gasteiger partial charge in [0.1, 0.15) is 24.4 Å². The summed E-state index contributed by atoms with van der Waals surface area (Å²) in [6.45, 7) is 3.77. The summed E-state index contributed by atoms with van der Waals surface area (Å²) in [6.07, 6.45) is 85.5. The molecule has 502 valence electrons. The van der Waals surface area contributed by atoms with Gasteiger partial charge in [-0.3, -0.25) is 4.79 Å². The molecule has 1 fully saturated rings. The van der Waals surface area contributed by atoms with Crippen molar-refractivity contribution in [3.8, 4) is 0 Å². The molecule has 1 amide bonds. The van der Waals surface area contributed by atoms with Crippen LogP contribution in [0.2, 0.25) is 0 Å². The Balaban J connectivity index is 2.08. The third-order valence-corrected chi connectivity index (χ3v) is 17.6. The Morgan fingerprint density at radius 2 is 0.721 bits per heavy atom. The number of ether oxygens (including phenoxy) is 2. The lowest BCUT2D eigenvalue weighted by molar-refractivity contribution is -0.302. The quantitative estimate of drug-likeness (QED) is 0.0261. The van der Waals surface area contributed by atoms with E-state index >= 15 is 0 Å². The van der Waals surface area contributed by atoms with Gasteiger partial charge in [-0.15, -0.1) is 0 Å². The molecule has 0 aromatic heterocycles. The number of allylic oxidation sites excluding steroid dienone is 12. The van der Waals surface area contributed by atoms with Gasteiger partial charge in [0.05, 0.1) is 25.4 Å². The van der Waals surface area contributed by atoms with Crippen LogP contribution in [0.5, 0.6) is 0 Å². The van der Waals surface area contributed by atoms with Gasteiger partial charge in [-0.1, -0.05) is 356 Å². The Hall–Kier alpha value is -2.37. The van der Waals surface area contributed by atoms with Gasteiger partial charge in [0.15, 0.2) is 6.29 Å². The van der Waals surface area contributed by atoms with Gasteiger partial charge < -0.3 is 40.3 Å². The first kappa shape index (κ1) is 81.6. The van der Waals surface area contributed by atoms with Crippen molar-refractivity contribution in [2.45, 2.75) is 397 Å². The van der Waals surface area contributed by atoms with E-state index in [1.54, 1.807) is 0 Å². The molecular formula is C77H141NO8. The molecule has 0 spiro atoms. The zero-order valence-corrected chi connectivity index (χ0v) is 56.3. The molecule has 0 aromatic carbocycles. The minimum Gasteiger partial charge on any atom is -0.394 e. The highest BCUT2D eigenvalue weighted by molar-refractivity contribution is 5.76. The largest absolute Gasteiger partial charge is 0.394 e. The third-order valence-electron chi connectivity index (χ3n) is 17.6. The first-order valence-electron chi connectivity index (χ1n) is 37.1. The number of amides is 1. The first-order chi connectivity index (χ1) is 42.3. The van der Waals surface area contributed by atoms with Gasteiger partial charge in [0.2, 0.25) is 5.91 Å². The van der Waals surface area contributed by atoms with Crippen molar-refractivity contribution < 1.29 is 39.8 Å². The average Bonchev–Trinajstić information content (AvgIpc) is 2.44. The Kier molecular flexibility index (Phi) is 62.3. The predicted molar refractivity (Wildman–Crippen MR) is 369 cm³/mol. The van der Waals surface area contributed by atoms with Gasteiger partial charge in [-0.25, -0.2) is 0 Å². The topological polar surface area (TPSA) is 149 Å². The maximum Gasteiger partial charge on any atom is 0.220 e. The number of hydrogen-bond donors (Lipinski definition) is 6. The van der Waals surface area contributed by atoms with E-state index in [-0.39, 0.29) is 12.5 Å². The number of aliphatic hydroxyl groups excluding tert-OH is 5. The lowest BCUT2D eigenvalue weighted by Gasteiger charge is -2.40. The normalized spacial score (nSPS) is 18.4. The van der Waals surface area contributed by atoms with Crippen molar-refractivity contribution in [2.24, 2.45) is 0 Å². The van der Waals surface area contributed by atoms with E-state index in [1.807, 2.05) is 0 Å². The van der Waals surface area contributed by atoms with E-state index in [2.05, 4.69) is 92.1 Å². The Labute approximate surface area is 531 Å². The zero-order chi connectivity index (χ0) is 62.1. The van der Waals surface area contributed by atoms with E-state index in [9.17, 15) is 30.3 Å². The van der Waals surface area contributed by atoms with E-state index in [0.717, 1.165) is 77.0 Å². The predicted octanol–water partition coefficient (Wildman–Crippen LogP) is 20.7. The van der Waals surface area contributed by atoms with E-state index in [0.29, 0.717) is 12.8 Å². The van der Waals surface area contributed by atoms with Gasteiger partial charge in [0.25, 0.3) is 0 Å². The van der Waals surface area contributed by atoms with Gasteiger partial charge >= 0.3 is 0 Å². The fraction of sp³-hybridized carbons (Fsp3) is 0.831. The van der Waals surface area contributed by atoms with Crippen molar-refractivity contribution in [1.82, 2.24) is 5.32 Å². The van der Waals surface area contributed by atoms with Crippen molar-refractivity contribution in [1.29, 1.82) is 0 Å². The van der Waals surface area contributed by atoms with E-state index in [1.165, 1.54) is 250 Å². The van der Waals surface area contributed by atoms with Crippen LogP contribution < -0.4 is 5.32 Å². The number of aliphatic hydroxyl groups is 5. The second kappa shape index (κ2) is 65.6. The molecule has 9 heteroatoms. The molecule has 1 aliphatic heterocycles. The van der Waals surface area contributed by atoms with Crippen LogP contribution in [0.4, 0.5) is 0 Å². The SMILES string of the molecule is CC/C=C\C/C=C\C/C=C\C/C=C\C/C=C\C/C=C\CCCCCCCCCCCCCCCCCCCCC(=O)NC(COC1OC(CO)C(O)C(O)C1O)C(O)CCCCCCCCCCCCCCCCCCCCCCCCCCCC. The fourth-order valence-corrected chi connectivity index (χ4v) is 11.8. The molecule has 7 atom stereocenters. The zero-order valence-electron chi connectivity index (χ0n) is 56.3. The van der Waals surface area contributed by atoms with Crippen molar-refractivity contribution in [3.63, 3.8) is 0 Å². The highest BCUT2D eigenvalue weighted by Gasteiger charge is 2.44. The number of unbranched alkanes of at least 4 members (excludes halogenated alkanes) is 43. The molecule has 0 saturated carbocycles. The second-order valence-corrected chi connectivity index (χ2v) is 25.7. The lowest BCUT2D eigenvalue weighted by atomic mass is 9.99. The molecule has 86 heavy (non-hydrogen) atoms. The average molecular weight is 1210 g/mol. The van der Waals surface area contributed by atoms with Gasteiger partial charge in [0, 0.05) is 6.42 Å². The third kappa shape index (κ3) is 53.5. The molecule has 0 bridgehead atoms.